The van der Waals surface area contributed by atoms with Crippen molar-refractivity contribution in [3.63, 3.8) is 0 Å². The van der Waals surface area contributed by atoms with Crippen molar-refractivity contribution >= 4 is 22.6 Å². The van der Waals surface area contributed by atoms with E-state index in [2.05, 4.69) is 16.3 Å². The second kappa shape index (κ2) is 14.1. The van der Waals surface area contributed by atoms with Gasteiger partial charge in [0.1, 0.15) is 23.4 Å². The number of carbonyl (C=O) groups is 2. The van der Waals surface area contributed by atoms with Gasteiger partial charge < -0.3 is 19.9 Å². The van der Waals surface area contributed by atoms with E-state index in [1.807, 2.05) is 56.3 Å². The molecule has 2 N–H and O–H groups in total. The molecule has 7 nitrogen and oxygen atoms in total. The number of carboxylic acids is 1. The lowest BCUT2D eigenvalue weighted by atomic mass is 9.91. The van der Waals surface area contributed by atoms with Crippen LogP contribution in [0.25, 0.3) is 21.9 Å². The van der Waals surface area contributed by atoms with Gasteiger partial charge in [0.05, 0.1) is 25.3 Å². The fraction of sp³-hybridized carbons (Fsp3) is 0.351. The van der Waals surface area contributed by atoms with Gasteiger partial charge in [0, 0.05) is 18.5 Å². The first-order chi connectivity index (χ1) is 21.7. The highest BCUT2D eigenvalue weighted by atomic mass is 19.1. The molecule has 1 aliphatic heterocycles. The van der Waals surface area contributed by atoms with Crippen molar-refractivity contribution < 1.29 is 28.6 Å². The van der Waals surface area contributed by atoms with Crippen molar-refractivity contribution in [3.05, 3.63) is 94.8 Å². The summed E-state index contributed by atoms with van der Waals surface area (Å²) in [5.74, 6) is -1.32. The third-order valence-corrected chi connectivity index (χ3v) is 8.67. The van der Waals surface area contributed by atoms with Crippen molar-refractivity contribution in [2.75, 3.05) is 27.3 Å². The molecule has 5 rings (SSSR count). The standard InChI is InChI=1S/C37H41FN2O5/c1-23(2)26-12-10-16-30(38)33(26)36(41)39-31(37(42)43)21-24-11-8-14-28-27(24)13-9-15-29(28)34-32(44-3)18-17-25(35(34)45-4)22-40-19-6-5-7-20-40/h8-18,23,31H,5-7,19-22H2,1-4H3,(H,39,41)(H,42,43)/t31-/m0/s1. The number of fused-ring (bicyclic) bond motifs is 1. The molecule has 1 saturated heterocycles. The summed E-state index contributed by atoms with van der Waals surface area (Å²) < 4.78 is 26.7. The molecular weight excluding hydrogens is 571 g/mol. The molecule has 4 aromatic rings. The average Bonchev–Trinajstić information content (AvgIpc) is 3.04. The number of amides is 1. The number of ether oxygens (including phenoxy) is 2. The minimum absolute atomic E-state index is 0.0105. The van der Waals surface area contributed by atoms with E-state index in [0.29, 0.717) is 11.3 Å². The van der Waals surface area contributed by atoms with Crippen LogP contribution in [0.15, 0.2) is 66.7 Å². The highest BCUT2D eigenvalue weighted by Crippen LogP contribution is 2.44. The maximum atomic E-state index is 14.8. The predicted octanol–water partition coefficient (Wildman–Crippen LogP) is 7.20. The number of carbonyl (C=O) groups excluding carboxylic acids is 1. The number of carboxylic acid groups (broad SMARTS) is 1. The Morgan fingerprint density at radius 1 is 0.889 bits per heavy atom. The fourth-order valence-electron chi connectivity index (χ4n) is 6.43. The maximum Gasteiger partial charge on any atom is 0.326 e. The van der Waals surface area contributed by atoms with Crippen LogP contribution in [0.2, 0.25) is 0 Å². The number of piperidine rings is 1. The van der Waals surface area contributed by atoms with Crippen LogP contribution in [0.3, 0.4) is 0 Å². The summed E-state index contributed by atoms with van der Waals surface area (Å²) in [4.78, 5) is 28.1. The number of aliphatic carboxylic acids is 1. The summed E-state index contributed by atoms with van der Waals surface area (Å²) in [5.41, 5.74) is 3.95. The summed E-state index contributed by atoms with van der Waals surface area (Å²) in [6.45, 7) is 6.61. The molecular formula is C37H41FN2O5. The van der Waals surface area contributed by atoms with Crippen LogP contribution in [0.5, 0.6) is 11.5 Å². The zero-order valence-electron chi connectivity index (χ0n) is 26.4. The van der Waals surface area contributed by atoms with E-state index in [9.17, 15) is 19.1 Å². The molecule has 45 heavy (non-hydrogen) atoms. The Hall–Kier alpha value is -4.43. The van der Waals surface area contributed by atoms with Gasteiger partial charge in [-0.2, -0.15) is 0 Å². The van der Waals surface area contributed by atoms with Crippen LogP contribution in [-0.2, 0) is 17.8 Å². The van der Waals surface area contributed by atoms with Gasteiger partial charge in [-0.15, -0.1) is 0 Å². The summed E-state index contributed by atoms with van der Waals surface area (Å²) in [6, 6.07) is 18.8. The van der Waals surface area contributed by atoms with Gasteiger partial charge in [0.25, 0.3) is 5.91 Å². The molecule has 0 saturated carbocycles. The number of nitrogens with zero attached hydrogens (tertiary/aromatic N) is 1. The molecule has 0 radical (unpaired) electrons. The Balaban J connectivity index is 1.52. The molecule has 1 fully saturated rings. The third kappa shape index (κ3) is 6.81. The Morgan fingerprint density at radius 3 is 2.29 bits per heavy atom. The molecule has 0 bridgehead atoms. The summed E-state index contributed by atoms with van der Waals surface area (Å²) in [7, 11) is 3.31. The minimum Gasteiger partial charge on any atom is -0.496 e. The van der Waals surface area contributed by atoms with Gasteiger partial charge in [-0.05, 0) is 71.4 Å². The van der Waals surface area contributed by atoms with Crippen LogP contribution in [0.1, 0.15) is 66.1 Å². The second-order valence-corrected chi connectivity index (χ2v) is 11.9. The maximum absolute atomic E-state index is 14.8. The van der Waals surface area contributed by atoms with Gasteiger partial charge >= 0.3 is 5.97 Å². The fourth-order valence-corrected chi connectivity index (χ4v) is 6.43. The van der Waals surface area contributed by atoms with E-state index >= 15 is 0 Å². The highest BCUT2D eigenvalue weighted by molar-refractivity contribution is 6.02. The highest BCUT2D eigenvalue weighted by Gasteiger charge is 2.27. The zero-order valence-corrected chi connectivity index (χ0v) is 26.4. The van der Waals surface area contributed by atoms with Crippen molar-refractivity contribution in [3.8, 4) is 22.6 Å². The lowest BCUT2D eigenvalue weighted by Crippen LogP contribution is -2.43. The molecule has 8 heteroatoms. The number of benzene rings is 4. The molecule has 0 unspecified atom stereocenters. The zero-order chi connectivity index (χ0) is 32.1. The van der Waals surface area contributed by atoms with Crippen LogP contribution in [-0.4, -0.2) is 55.2 Å². The lowest BCUT2D eigenvalue weighted by Gasteiger charge is -2.28. The van der Waals surface area contributed by atoms with E-state index in [-0.39, 0.29) is 17.9 Å². The number of halogens is 1. The Labute approximate surface area is 264 Å². The Bertz CT molecular complexity index is 1700. The van der Waals surface area contributed by atoms with Crippen LogP contribution < -0.4 is 14.8 Å². The summed E-state index contributed by atoms with van der Waals surface area (Å²) in [5, 5.41) is 14.5. The largest absolute Gasteiger partial charge is 0.496 e. The predicted molar refractivity (Wildman–Crippen MR) is 175 cm³/mol. The average molecular weight is 613 g/mol. The van der Waals surface area contributed by atoms with E-state index in [4.69, 9.17) is 9.47 Å². The number of nitrogens with one attached hydrogen (secondary N) is 1. The number of hydrogen-bond donors (Lipinski definition) is 2. The van der Waals surface area contributed by atoms with Crippen LogP contribution in [0.4, 0.5) is 4.39 Å². The van der Waals surface area contributed by atoms with Crippen LogP contribution >= 0.6 is 0 Å². The normalized spacial score (nSPS) is 14.4. The van der Waals surface area contributed by atoms with Gasteiger partial charge in [0.15, 0.2) is 0 Å². The Morgan fingerprint density at radius 2 is 1.60 bits per heavy atom. The molecule has 1 amide bonds. The van der Waals surface area contributed by atoms with E-state index < -0.39 is 23.7 Å². The molecule has 236 valence electrons. The molecule has 0 spiro atoms. The molecule has 4 aromatic carbocycles. The van der Waals surface area contributed by atoms with Gasteiger partial charge in [-0.25, -0.2) is 9.18 Å². The first kappa shape index (κ1) is 32.0. The van der Waals surface area contributed by atoms with Crippen molar-refractivity contribution in [1.82, 2.24) is 10.2 Å². The quantitative estimate of drug-likeness (QED) is 0.186. The van der Waals surface area contributed by atoms with Crippen LogP contribution in [0, 0.1) is 5.82 Å². The van der Waals surface area contributed by atoms with E-state index in [1.54, 1.807) is 26.4 Å². The minimum atomic E-state index is -1.27. The number of likely N-dealkylation sites (tertiary alicyclic amines) is 1. The number of methoxy groups -OCH3 is 2. The topological polar surface area (TPSA) is 88.1 Å². The first-order valence-electron chi connectivity index (χ1n) is 15.5. The van der Waals surface area contributed by atoms with Crippen molar-refractivity contribution in [2.24, 2.45) is 0 Å². The SMILES string of the molecule is COc1ccc(CN2CCCCC2)c(OC)c1-c1cccc2c(C[C@H](NC(=O)c3c(F)cccc3C(C)C)C(=O)O)cccc12. The number of rotatable bonds is 11. The molecule has 0 aliphatic carbocycles. The molecule has 1 heterocycles. The first-order valence-corrected chi connectivity index (χ1v) is 15.5. The molecule has 1 atom stereocenters. The van der Waals surface area contributed by atoms with Gasteiger partial charge in [0.2, 0.25) is 0 Å². The third-order valence-electron chi connectivity index (χ3n) is 8.67. The smallest absolute Gasteiger partial charge is 0.326 e. The van der Waals surface area contributed by atoms with Gasteiger partial charge in [-0.1, -0.05) is 74.9 Å². The monoisotopic (exact) mass is 612 g/mol. The molecule has 1 aliphatic rings. The second-order valence-electron chi connectivity index (χ2n) is 11.9. The summed E-state index contributed by atoms with van der Waals surface area (Å²) in [6.07, 6.45) is 3.65. The lowest BCUT2D eigenvalue weighted by molar-refractivity contribution is -0.139. The molecule has 0 aromatic heterocycles. The number of hydrogen-bond acceptors (Lipinski definition) is 5. The van der Waals surface area contributed by atoms with Crippen molar-refractivity contribution in [1.29, 1.82) is 0 Å². The summed E-state index contributed by atoms with van der Waals surface area (Å²) >= 11 is 0. The van der Waals surface area contributed by atoms with E-state index in [0.717, 1.165) is 58.4 Å². The van der Waals surface area contributed by atoms with Crippen molar-refractivity contribution in [2.45, 2.75) is 58.0 Å². The van der Waals surface area contributed by atoms with E-state index in [1.165, 1.54) is 25.3 Å². The van der Waals surface area contributed by atoms with Gasteiger partial charge in [-0.3, -0.25) is 9.69 Å². The Kier molecular flexibility index (Phi) is 10.0.